The summed E-state index contributed by atoms with van der Waals surface area (Å²) in [7, 11) is 1.98. The average molecular weight is 247 g/mol. The SMILES string of the molecule is CC(C(=O)N(C)C1CCNCC1)C1CC1.Cl. The normalized spacial score (nSPS) is 23.4. The van der Waals surface area contributed by atoms with Crippen molar-refractivity contribution in [2.45, 2.75) is 38.6 Å². The molecule has 94 valence electrons. The van der Waals surface area contributed by atoms with E-state index in [0.29, 0.717) is 17.9 Å². The van der Waals surface area contributed by atoms with Gasteiger partial charge in [0, 0.05) is 19.0 Å². The molecule has 2 aliphatic rings. The first-order chi connectivity index (χ1) is 7.20. The summed E-state index contributed by atoms with van der Waals surface area (Å²) >= 11 is 0. The molecule has 1 heterocycles. The van der Waals surface area contributed by atoms with Gasteiger partial charge in [-0.2, -0.15) is 0 Å². The van der Waals surface area contributed by atoms with E-state index in [9.17, 15) is 4.79 Å². The molecule has 0 spiro atoms. The molecule has 1 unspecified atom stereocenters. The highest BCUT2D eigenvalue weighted by Crippen LogP contribution is 2.37. The number of halogens is 1. The molecular weight excluding hydrogens is 224 g/mol. The van der Waals surface area contributed by atoms with Crippen molar-refractivity contribution in [2.24, 2.45) is 11.8 Å². The summed E-state index contributed by atoms with van der Waals surface area (Å²) in [6.07, 6.45) is 4.74. The summed E-state index contributed by atoms with van der Waals surface area (Å²) in [5.74, 6) is 1.30. The van der Waals surface area contributed by atoms with Gasteiger partial charge in [0.15, 0.2) is 0 Å². The first-order valence-corrected chi connectivity index (χ1v) is 6.17. The van der Waals surface area contributed by atoms with E-state index in [1.165, 1.54) is 12.8 Å². The number of rotatable bonds is 3. The maximum absolute atomic E-state index is 12.1. The topological polar surface area (TPSA) is 32.3 Å². The van der Waals surface area contributed by atoms with Gasteiger partial charge in [0.1, 0.15) is 0 Å². The molecule has 0 aromatic carbocycles. The first-order valence-electron chi connectivity index (χ1n) is 6.17. The quantitative estimate of drug-likeness (QED) is 0.822. The number of piperidine rings is 1. The molecule has 1 saturated heterocycles. The minimum Gasteiger partial charge on any atom is -0.342 e. The monoisotopic (exact) mass is 246 g/mol. The van der Waals surface area contributed by atoms with E-state index >= 15 is 0 Å². The second-order valence-corrected chi connectivity index (χ2v) is 5.06. The molecule has 0 radical (unpaired) electrons. The average Bonchev–Trinajstić information content (AvgIpc) is 3.11. The molecule has 1 N–H and O–H groups in total. The Morgan fingerprint density at radius 1 is 1.25 bits per heavy atom. The number of hydrogen-bond donors (Lipinski definition) is 1. The highest BCUT2D eigenvalue weighted by atomic mass is 35.5. The Morgan fingerprint density at radius 3 is 2.31 bits per heavy atom. The van der Waals surface area contributed by atoms with Crippen molar-refractivity contribution in [1.82, 2.24) is 10.2 Å². The van der Waals surface area contributed by atoms with Gasteiger partial charge in [-0.15, -0.1) is 12.4 Å². The fourth-order valence-electron chi connectivity index (χ4n) is 2.49. The number of hydrogen-bond acceptors (Lipinski definition) is 2. The van der Waals surface area contributed by atoms with Gasteiger partial charge in [0.25, 0.3) is 0 Å². The van der Waals surface area contributed by atoms with Crippen molar-refractivity contribution in [3.8, 4) is 0 Å². The molecule has 0 aromatic rings. The van der Waals surface area contributed by atoms with Crippen molar-refractivity contribution in [3.63, 3.8) is 0 Å². The van der Waals surface area contributed by atoms with Gasteiger partial charge >= 0.3 is 0 Å². The largest absolute Gasteiger partial charge is 0.342 e. The lowest BCUT2D eigenvalue weighted by atomic mass is 10.0. The summed E-state index contributed by atoms with van der Waals surface area (Å²) in [5.41, 5.74) is 0. The van der Waals surface area contributed by atoms with Crippen LogP contribution in [0.4, 0.5) is 0 Å². The van der Waals surface area contributed by atoms with Crippen LogP contribution in [0.1, 0.15) is 32.6 Å². The van der Waals surface area contributed by atoms with Gasteiger partial charge in [0.05, 0.1) is 0 Å². The zero-order valence-corrected chi connectivity index (χ0v) is 11.1. The minimum atomic E-state index is 0. The molecule has 16 heavy (non-hydrogen) atoms. The van der Waals surface area contributed by atoms with Crippen LogP contribution in [0.3, 0.4) is 0 Å². The standard InChI is InChI=1S/C12H22N2O.ClH/c1-9(10-3-4-10)12(15)14(2)11-5-7-13-8-6-11;/h9-11,13H,3-8H2,1-2H3;1H. The lowest BCUT2D eigenvalue weighted by molar-refractivity contribution is -0.136. The number of amides is 1. The molecule has 1 aliphatic heterocycles. The van der Waals surface area contributed by atoms with Crippen molar-refractivity contribution in [1.29, 1.82) is 0 Å². The molecule has 2 fully saturated rings. The van der Waals surface area contributed by atoms with E-state index in [2.05, 4.69) is 12.2 Å². The summed E-state index contributed by atoms with van der Waals surface area (Å²) < 4.78 is 0. The Hall–Kier alpha value is -0.280. The highest BCUT2D eigenvalue weighted by molar-refractivity contribution is 5.85. The Labute approximate surface area is 104 Å². The second kappa shape index (κ2) is 5.87. The molecule has 1 saturated carbocycles. The highest BCUT2D eigenvalue weighted by Gasteiger charge is 2.35. The van der Waals surface area contributed by atoms with E-state index in [0.717, 1.165) is 25.9 Å². The zero-order valence-electron chi connectivity index (χ0n) is 10.2. The van der Waals surface area contributed by atoms with Crippen LogP contribution >= 0.6 is 12.4 Å². The summed E-state index contributed by atoms with van der Waals surface area (Å²) in [6.45, 7) is 4.21. The van der Waals surface area contributed by atoms with Crippen molar-refractivity contribution >= 4 is 18.3 Å². The van der Waals surface area contributed by atoms with E-state index in [1.807, 2.05) is 11.9 Å². The van der Waals surface area contributed by atoms with E-state index < -0.39 is 0 Å². The van der Waals surface area contributed by atoms with Crippen LogP contribution in [0.15, 0.2) is 0 Å². The van der Waals surface area contributed by atoms with E-state index in [1.54, 1.807) is 0 Å². The molecule has 0 bridgehead atoms. The third-order valence-electron chi connectivity index (χ3n) is 3.92. The van der Waals surface area contributed by atoms with Crippen molar-refractivity contribution in [2.75, 3.05) is 20.1 Å². The molecule has 4 heteroatoms. The number of nitrogens with one attached hydrogen (secondary N) is 1. The van der Waals surface area contributed by atoms with Crippen LogP contribution in [0.2, 0.25) is 0 Å². The molecule has 1 atom stereocenters. The molecule has 0 aromatic heterocycles. The number of carbonyl (C=O) groups is 1. The minimum absolute atomic E-state index is 0. The van der Waals surface area contributed by atoms with Gasteiger partial charge in [0.2, 0.25) is 5.91 Å². The maximum atomic E-state index is 12.1. The Morgan fingerprint density at radius 2 is 1.81 bits per heavy atom. The molecule has 1 aliphatic carbocycles. The third-order valence-corrected chi connectivity index (χ3v) is 3.92. The van der Waals surface area contributed by atoms with Crippen molar-refractivity contribution < 1.29 is 4.79 Å². The zero-order chi connectivity index (χ0) is 10.8. The molecule has 2 rings (SSSR count). The third kappa shape index (κ3) is 3.11. The number of carbonyl (C=O) groups excluding carboxylic acids is 1. The van der Waals surface area contributed by atoms with Gasteiger partial charge in [-0.25, -0.2) is 0 Å². The first kappa shape index (κ1) is 13.8. The Balaban J connectivity index is 0.00000128. The van der Waals surface area contributed by atoms with Crippen LogP contribution in [0.5, 0.6) is 0 Å². The summed E-state index contributed by atoms with van der Waals surface area (Å²) in [4.78, 5) is 14.1. The van der Waals surface area contributed by atoms with Crippen LogP contribution in [-0.2, 0) is 4.79 Å². The summed E-state index contributed by atoms with van der Waals surface area (Å²) in [5, 5.41) is 3.33. The fourth-order valence-corrected chi connectivity index (χ4v) is 2.49. The van der Waals surface area contributed by atoms with Gasteiger partial charge in [-0.1, -0.05) is 6.92 Å². The lowest BCUT2D eigenvalue weighted by Gasteiger charge is -2.33. The number of nitrogens with zero attached hydrogens (tertiary/aromatic N) is 1. The molecular formula is C12H23ClN2O. The van der Waals surface area contributed by atoms with Crippen LogP contribution in [-0.4, -0.2) is 37.0 Å². The van der Waals surface area contributed by atoms with Gasteiger partial charge in [-0.3, -0.25) is 4.79 Å². The van der Waals surface area contributed by atoms with Gasteiger partial charge < -0.3 is 10.2 Å². The maximum Gasteiger partial charge on any atom is 0.225 e. The van der Waals surface area contributed by atoms with Crippen LogP contribution < -0.4 is 5.32 Å². The van der Waals surface area contributed by atoms with Gasteiger partial charge in [-0.05, 0) is 44.7 Å². The second-order valence-electron chi connectivity index (χ2n) is 5.06. The predicted molar refractivity (Wildman–Crippen MR) is 67.8 cm³/mol. The van der Waals surface area contributed by atoms with E-state index in [-0.39, 0.29) is 18.3 Å². The van der Waals surface area contributed by atoms with E-state index in [4.69, 9.17) is 0 Å². The smallest absolute Gasteiger partial charge is 0.225 e. The molecule has 3 nitrogen and oxygen atoms in total. The predicted octanol–water partition coefficient (Wildman–Crippen LogP) is 1.66. The molecule has 1 amide bonds. The Kier molecular flexibility index (Phi) is 5.06. The summed E-state index contributed by atoms with van der Waals surface area (Å²) in [6, 6.07) is 0.472. The Bertz CT molecular complexity index is 237. The fraction of sp³-hybridized carbons (Fsp3) is 0.917. The van der Waals surface area contributed by atoms with Crippen LogP contribution in [0, 0.1) is 11.8 Å². The van der Waals surface area contributed by atoms with Crippen molar-refractivity contribution in [3.05, 3.63) is 0 Å². The lowest BCUT2D eigenvalue weighted by Crippen LogP contribution is -2.45. The van der Waals surface area contributed by atoms with Crippen LogP contribution in [0.25, 0.3) is 0 Å².